The highest BCUT2D eigenvalue weighted by atomic mass is 16.6. The topological polar surface area (TPSA) is 95.5 Å². The van der Waals surface area contributed by atoms with E-state index in [1.54, 1.807) is 0 Å². The van der Waals surface area contributed by atoms with E-state index in [0.717, 1.165) is 12.5 Å². The summed E-state index contributed by atoms with van der Waals surface area (Å²) in [6.45, 7) is 0.339. The van der Waals surface area contributed by atoms with Crippen molar-refractivity contribution in [3.8, 4) is 0 Å². The van der Waals surface area contributed by atoms with Crippen LogP contribution in [-0.4, -0.2) is 17.5 Å². The van der Waals surface area contributed by atoms with E-state index in [2.05, 4.69) is 0 Å². The fraction of sp³-hybridized carbons (Fsp3) is 0.462. The summed E-state index contributed by atoms with van der Waals surface area (Å²) >= 11 is 0. The Morgan fingerprint density at radius 3 is 2.79 bits per heavy atom. The number of ether oxygens (including phenoxy) is 1. The van der Waals surface area contributed by atoms with E-state index >= 15 is 0 Å². The molecule has 1 fully saturated rings. The van der Waals surface area contributed by atoms with Crippen molar-refractivity contribution < 1.29 is 14.5 Å². The van der Waals surface area contributed by atoms with Crippen LogP contribution in [0.3, 0.4) is 0 Å². The van der Waals surface area contributed by atoms with E-state index in [4.69, 9.17) is 10.5 Å². The number of hydrogen-bond donors (Lipinski definition) is 1. The quantitative estimate of drug-likeness (QED) is 0.381. The van der Waals surface area contributed by atoms with E-state index in [-0.39, 0.29) is 16.9 Å². The zero-order valence-corrected chi connectivity index (χ0v) is 10.5. The maximum Gasteiger partial charge on any atom is 0.340 e. The lowest BCUT2D eigenvalue weighted by atomic mass is 9.83. The Hall–Kier alpha value is -2.11. The van der Waals surface area contributed by atoms with Crippen molar-refractivity contribution in [2.75, 3.05) is 12.3 Å². The molecular formula is C13H16N2O4. The Kier molecular flexibility index (Phi) is 3.99. The molecule has 1 aliphatic rings. The average Bonchev–Trinajstić information content (AvgIpc) is 2.32. The van der Waals surface area contributed by atoms with Crippen LogP contribution in [0, 0.1) is 16.0 Å². The molecule has 1 aromatic rings. The predicted molar refractivity (Wildman–Crippen MR) is 69.7 cm³/mol. The SMILES string of the molecule is Nc1ccc([N+](=O)[O-])cc1C(=O)OCCC1CCC1. The number of nitrogens with two attached hydrogens (primary N) is 1. The first kappa shape index (κ1) is 13.3. The number of nitro benzene ring substituents is 1. The Morgan fingerprint density at radius 2 is 2.21 bits per heavy atom. The number of esters is 1. The van der Waals surface area contributed by atoms with Gasteiger partial charge in [0.15, 0.2) is 0 Å². The summed E-state index contributed by atoms with van der Waals surface area (Å²) in [5.41, 5.74) is 5.72. The van der Waals surface area contributed by atoms with Gasteiger partial charge in [-0.2, -0.15) is 0 Å². The predicted octanol–water partition coefficient (Wildman–Crippen LogP) is 2.52. The van der Waals surface area contributed by atoms with Crippen molar-refractivity contribution in [3.05, 3.63) is 33.9 Å². The van der Waals surface area contributed by atoms with Gasteiger partial charge in [0.05, 0.1) is 17.1 Å². The van der Waals surface area contributed by atoms with E-state index < -0.39 is 10.9 Å². The molecule has 1 aromatic carbocycles. The van der Waals surface area contributed by atoms with Crippen LogP contribution >= 0.6 is 0 Å². The normalized spacial score (nSPS) is 14.7. The fourth-order valence-electron chi connectivity index (χ4n) is 2.01. The average molecular weight is 264 g/mol. The Bertz CT molecular complexity index is 497. The summed E-state index contributed by atoms with van der Waals surface area (Å²) in [5.74, 6) is 0.0516. The number of nitrogens with zero attached hydrogens (tertiary/aromatic N) is 1. The van der Waals surface area contributed by atoms with Crippen LogP contribution in [0.5, 0.6) is 0 Å². The minimum Gasteiger partial charge on any atom is -0.462 e. The summed E-state index contributed by atoms with van der Waals surface area (Å²) < 4.78 is 5.11. The molecule has 6 heteroatoms. The van der Waals surface area contributed by atoms with Crippen LogP contribution in [0.2, 0.25) is 0 Å². The Balaban J connectivity index is 1.96. The first-order chi connectivity index (χ1) is 9.08. The smallest absolute Gasteiger partial charge is 0.340 e. The summed E-state index contributed by atoms with van der Waals surface area (Å²) in [4.78, 5) is 21.9. The monoisotopic (exact) mass is 264 g/mol. The largest absolute Gasteiger partial charge is 0.462 e. The van der Waals surface area contributed by atoms with Crippen molar-refractivity contribution in [1.29, 1.82) is 0 Å². The van der Waals surface area contributed by atoms with Crippen LogP contribution in [0.1, 0.15) is 36.0 Å². The lowest BCUT2D eigenvalue weighted by Gasteiger charge is -2.24. The number of carbonyl (C=O) groups excluding carboxylic acids is 1. The highest BCUT2D eigenvalue weighted by molar-refractivity contribution is 5.95. The van der Waals surface area contributed by atoms with Gasteiger partial charge in [-0.3, -0.25) is 10.1 Å². The molecule has 0 unspecified atom stereocenters. The number of non-ortho nitro benzene ring substituents is 1. The molecule has 0 atom stereocenters. The van der Waals surface area contributed by atoms with E-state index in [9.17, 15) is 14.9 Å². The minimum atomic E-state index is -0.597. The summed E-state index contributed by atoms with van der Waals surface area (Å²) in [6.07, 6.45) is 4.48. The van der Waals surface area contributed by atoms with Crippen molar-refractivity contribution in [2.45, 2.75) is 25.7 Å². The van der Waals surface area contributed by atoms with Crippen molar-refractivity contribution >= 4 is 17.3 Å². The molecule has 2 N–H and O–H groups in total. The third-order valence-electron chi connectivity index (χ3n) is 3.45. The van der Waals surface area contributed by atoms with Crippen LogP contribution in [-0.2, 0) is 4.74 Å². The molecular weight excluding hydrogens is 248 g/mol. The number of nitro groups is 1. The molecule has 1 saturated carbocycles. The molecule has 102 valence electrons. The molecule has 6 nitrogen and oxygen atoms in total. The molecule has 0 radical (unpaired) electrons. The number of nitrogen functional groups attached to an aromatic ring is 1. The number of hydrogen-bond acceptors (Lipinski definition) is 5. The standard InChI is InChI=1S/C13H16N2O4/c14-12-5-4-10(15(17)18)8-11(12)13(16)19-7-6-9-2-1-3-9/h4-5,8-9H,1-3,6-7,14H2. The van der Waals surface area contributed by atoms with Crippen LogP contribution in [0.25, 0.3) is 0 Å². The Morgan fingerprint density at radius 1 is 1.47 bits per heavy atom. The van der Waals surface area contributed by atoms with Gasteiger partial charge < -0.3 is 10.5 Å². The van der Waals surface area contributed by atoms with E-state index in [1.165, 1.54) is 31.4 Å². The van der Waals surface area contributed by atoms with Gasteiger partial charge in [-0.15, -0.1) is 0 Å². The van der Waals surface area contributed by atoms with Gasteiger partial charge >= 0.3 is 5.97 Å². The number of rotatable bonds is 5. The van der Waals surface area contributed by atoms with Gasteiger partial charge in [-0.05, 0) is 18.4 Å². The maximum atomic E-state index is 11.8. The minimum absolute atomic E-state index is 0.0582. The number of benzene rings is 1. The fourth-order valence-corrected chi connectivity index (χ4v) is 2.01. The van der Waals surface area contributed by atoms with Gasteiger partial charge in [-0.1, -0.05) is 19.3 Å². The second-order valence-corrected chi connectivity index (χ2v) is 4.75. The molecule has 0 aliphatic heterocycles. The second-order valence-electron chi connectivity index (χ2n) is 4.75. The summed E-state index contributed by atoms with van der Waals surface area (Å²) in [5, 5.41) is 10.6. The number of carbonyl (C=O) groups is 1. The molecule has 19 heavy (non-hydrogen) atoms. The van der Waals surface area contributed by atoms with Crippen molar-refractivity contribution in [2.24, 2.45) is 5.92 Å². The molecule has 0 spiro atoms. The molecule has 0 bridgehead atoms. The lowest BCUT2D eigenvalue weighted by molar-refractivity contribution is -0.384. The second kappa shape index (κ2) is 5.69. The van der Waals surface area contributed by atoms with Crippen LogP contribution < -0.4 is 5.73 Å². The van der Waals surface area contributed by atoms with Gasteiger partial charge in [0.2, 0.25) is 0 Å². The lowest BCUT2D eigenvalue weighted by Crippen LogP contribution is -2.16. The molecule has 0 saturated heterocycles. The maximum absolute atomic E-state index is 11.8. The van der Waals surface area contributed by atoms with E-state index in [0.29, 0.717) is 12.5 Å². The van der Waals surface area contributed by atoms with Crippen molar-refractivity contribution in [3.63, 3.8) is 0 Å². The van der Waals surface area contributed by atoms with Crippen LogP contribution in [0.4, 0.5) is 11.4 Å². The van der Waals surface area contributed by atoms with Gasteiger partial charge in [0, 0.05) is 17.8 Å². The van der Waals surface area contributed by atoms with Gasteiger partial charge in [-0.25, -0.2) is 4.79 Å². The Labute approximate surface area is 110 Å². The molecule has 2 rings (SSSR count). The molecule has 1 aliphatic carbocycles. The first-order valence-electron chi connectivity index (χ1n) is 6.29. The van der Waals surface area contributed by atoms with Gasteiger partial charge in [0.25, 0.3) is 5.69 Å². The van der Waals surface area contributed by atoms with Gasteiger partial charge in [0.1, 0.15) is 0 Å². The number of anilines is 1. The van der Waals surface area contributed by atoms with E-state index in [1.807, 2.05) is 0 Å². The third kappa shape index (κ3) is 3.21. The first-order valence-corrected chi connectivity index (χ1v) is 6.29. The third-order valence-corrected chi connectivity index (χ3v) is 3.45. The molecule has 0 heterocycles. The summed E-state index contributed by atoms with van der Waals surface area (Å²) in [6, 6.07) is 3.77. The zero-order chi connectivity index (χ0) is 13.8. The summed E-state index contributed by atoms with van der Waals surface area (Å²) in [7, 11) is 0. The van der Waals surface area contributed by atoms with Crippen LogP contribution in [0.15, 0.2) is 18.2 Å². The molecule has 0 amide bonds. The zero-order valence-electron chi connectivity index (χ0n) is 10.5. The highest BCUT2D eigenvalue weighted by Gasteiger charge is 2.19. The molecule has 0 aromatic heterocycles. The highest BCUT2D eigenvalue weighted by Crippen LogP contribution is 2.29. The van der Waals surface area contributed by atoms with Crippen molar-refractivity contribution in [1.82, 2.24) is 0 Å².